The third kappa shape index (κ3) is 1.80. The molecule has 0 amide bonds. The lowest BCUT2D eigenvalue weighted by Gasteiger charge is -2.31. The SMILES string of the molecule is CC1(C)CCc2c(Br)cccc2C1. The van der Waals surface area contributed by atoms with Gasteiger partial charge in [0.05, 0.1) is 0 Å². The van der Waals surface area contributed by atoms with Crippen molar-refractivity contribution in [2.24, 2.45) is 5.41 Å². The van der Waals surface area contributed by atoms with Crippen LogP contribution in [0.15, 0.2) is 22.7 Å². The highest BCUT2D eigenvalue weighted by molar-refractivity contribution is 9.10. The van der Waals surface area contributed by atoms with Crippen molar-refractivity contribution in [3.63, 3.8) is 0 Å². The Hall–Kier alpha value is -0.300. The highest BCUT2D eigenvalue weighted by Gasteiger charge is 2.25. The summed E-state index contributed by atoms with van der Waals surface area (Å²) in [6.07, 6.45) is 3.76. The molecule has 0 N–H and O–H groups in total. The zero-order valence-corrected chi connectivity index (χ0v) is 9.82. The number of benzene rings is 1. The minimum Gasteiger partial charge on any atom is -0.0609 e. The highest BCUT2D eigenvalue weighted by Crippen LogP contribution is 2.37. The molecule has 70 valence electrons. The summed E-state index contributed by atoms with van der Waals surface area (Å²) >= 11 is 3.62. The van der Waals surface area contributed by atoms with Crippen LogP contribution in [0, 0.1) is 5.41 Å². The first-order valence-corrected chi connectivity index (χ1v) is 5.64. The van der Waals surface area contributed by atoms with Crippen molar-refractivity contribution in [1.82, 2.24) is 0 Å². The molecule has 0 spiro atoms. The molecule has 1 aromatic rings. The van der Waals surface area contributed by atoms with Gasteiger partial charge in [-0.25, -0.2) is 0 Å². The fourth-order valence-corrected chi connectivity index (χ4v) is 2.72. The van der Waals surface area contributed by atoms with Crippen molar-refractivity contribution in [3.05, 3.63) is 33.8 Å². The Labute approximate surface area is 88.5 Å². The Morgan fingerprint density at radius 3 is 2.85 bits per heavy atom. The third-order valence-corrected chi connectivity index (χ3v) is 3.68. The molecule has 0 heterocycles. The summed E-state index contributed by atoms with van der Waals surface area (Å²) in [5.41, 5.74) is 3.56. The summed E-state index contributed by atoms with van der Waals surface area (Å²) in [6.45, 7) is 4.72. The number of hydrogen-bond donors (Lipinski definition) is 0. The van der Waals surface area contributed by atoms with E-state index in [1.54, 1.807) is 0 Å². The lowest BCUT2D eigenvalue weighted by atomic mass is 9.74. The van der Waals surface area contributed by atoms with Crippen LogP contribution in [-0.2, 0) is 12.8 Å². The molecule has 0 fully saturated rings. The number of hydrogen-bond acceptors (Lipinski definition) is 0. The van der Waals surface area contributed by atoms with E-state index in [9.17, 15) is 0 Å². The van der Waals surface area contributed by atoms with E-state index in [-0.39, 0.29) is 0 Å². The molecule has 0 nitrogen and oxygen atoms in total. The Morgan fingerprint density at radius 1 is 1.31 bits per heavy atom. The Morgan fingerprint density at radius 2 is 2.08 bits per heavy atom. The molecule has 0 aliphatic heterocycles. The summed E-state index contributed by atoms with van der Waals surface area (Å²) in [4.78, 5) is 0. The molecule has 2 rings (SSSR count). The first-order valence-electron chi connectivity index (χ1n) is 4.85. The zero-order valence-electron chi connectivity index (χ0n) is 8.23. The molecule has 0 saturated heterocycles. The predicted octanol–water partition coefficient (Wildman–Crippen LogP) is 3.96. The van der Waals surface area contributed by atoms with Gasteiger partial charge in [-0.05, 0) is 41.9 Å². The van der Waals surface area contributed by atoms with Crippen LogP contribution in [0.1, 0.15) is 31.4 Å². The van der Waals surface area contributed by atoms with E-state index in [1.165, 1.54) is 34.9 Å². The van der Waals surface area contributed by atoms with E-state index in [0.29, 0.717) is 5.41 Å². The standard InChI is InChI=1S/C12H15Br/c1-12(2)7-6-10-9(8-12)4-3-5-11(10)13/h3-5H,6-8H2,1-2H3. The average molecular weight is 239 g/mol. The molecule has 1 aliphatic carbocycles. The van der Waals surface area contributed by atoms with Crippen molar-refractivity contribution in [2.45, 2.75) is 33.1 Å². The summed E-state index contributed by atoms with van der Waals surface area (Å²) in [5.74, 6) is 0. The normalized spacial score (nSPS) is 19.6. The van der Waals surface area contributed by atoms with Crippen LogP contribution in [0.25, 0.3) is 0 Å². The van der Waals surface area contributed by atoms with Crippen molar-refractivity contribution in [2.75, 3.05) is 0 Å². The van der Waals surface area contributed by atoms with Gasteiger partial charge in [0.1, 0.15) is 0 Å². The van der Waals surface area contributed by atoms with Crippen molar-refractivity contribution in [3.8, 4) is 0 Å². The molecule has 1 aromatic carbocycles. The van der Waals surface area contributed by atoms with Crippen LogP contribution in [0.4, 0.5) is 0 Å². The molecular weight excluding hydrogens is 224 g/mol. The Balaban J connectivity index is 2.42. The number of halogens is 1. The summed E-state index contributed by atoms with van der Waals surface area (Å²) < 4.78 is 1.29. The molecule has 0 aromatic heterocycles. The maximum atomic E-state index is 3.62. The predicted molar refractivity (Wildman–Crippen MR) is 59.9 cm³/mol. The molecule has 0 atom stereocenters. The molecule has 1 aliphatic rings. The Bertz CT molecular complexity index is 326. The van der Waals surface area contributed by atoms with Crippen molar-refractivity contribution >= 4 is 15.9 Å². The van der Waals surface area contributed by atoms with Gasteiger partial charge in [0.25, 0.3) is 0 Å². The molecule has 0 radical (unpaired) electrons. The number of rotatable bonds is 0. The third-order valence-electron chi connectivity index (χ3n) is 2.94. The quantitative estimate of drug-likeness (QED) is 0.642. The van der Waals surface area contributed by atoms with Crippen molar-refractivity contribution < 1.29 is 0 Å². The fourth-order valence-electron chi connectivity index (χ4n) is 2.12. The molecule has 0 saturated carbocycles. The first-order chi connectivity index (χ1) is 6.08. The highest BCUT2D eigenvalue weighted by atomic mass is 79.9. The maximum Gasteiger partial charge on any atom is 0.0210 e. The van der Waals surface area contributed by atoms with Gasteiger partial charge in [0.2, 0.25) is 0 Å². The topological polar surface area (TPSA) is 0 Å². The largest absolute Gasteiger partial charge is 0.0609 e. The van der Waals surface area contributed by atoms with Gasteiger partial charge in [-0.2, -0.15) is 0 Å². The monoisotopic (exact) mass is 238 g/mol. The summed E-state index contributed by atoms with van der Waals surface area (Å²) in [7, 11) is 0. The Kier molecular flexibility index (Phi) is 2.23. The average Bonchev–Trinajstić information content (AvgIpc) is 2.02. The van der Waals surface area contributed by atoms with Gasteiger partial charge < -0.3 is 0 Å². The minimum atomic E-state index is 0.494. The van der Waals surface area contributed by atoms with E-state index in [2.05, 4.69) is 48.0 Å². The van der Waals surface area contributed by atoms with E-state index >= 15 is 0 Å². The molecule has 1 heteroatoms. The first kappa shape index (κ1) is 9.26. The lowest BCUT2D eigenvalue weighted by molar-refractivity contribution is 0.315. The van der Waals surface area contributed by atoms with Gasteiger partial charge in [-0.3, -0.25) is 0 Å². The van der Waals surface area contributed by atoms with Gasteiger partial charge in [-0.1, -0.05) is 41.9 Å². The minimum absolute atomic E-state index is 0.494. The zero-order chi connectivity index (χ0) is 9.47. The lowest BCUT2D eigenvalue weighted by Crippen LogP contribution is -2.22. The van der Waals surface area contributed by atoms with E-state index in [1.807, 2.05) is 0 Å². The van der Waals surface area contributed by atoms with Crippen LogP contribution < -0.4 is 0 Å². The van der Waals surface area contributed by atoms with Crippen LogP contribution in [-0.4, -0.2) is 0 Å². The maximum absolute atomic E-state index is 3.62. The van der Waals surface area contributed by atoms with Crippen LogP contribution in [0.3, 0.4) is 0 Å². The smallest absolute Gasteiger partial charge is 0.0210 e. The second-order valence-electron chi connectivity index (χ2n) is 4.72. The van der Waals surface area contributed by atoms with E-state index in [4.69, 9.17) is 0 Å². The van der Waals surface area contributed by atoms with E-state index in [0.717, 1.165) is 0 Å². The van der Waals surface area contributed by atoms with Gasteiger partial charge in [0.15, 0.2) is 0 Å². The summed E-state index contributed by atoms with van der Waals surface area (Å²) in [6, 6.07) is 6.56. The second kappa shape index (κ2) is 3.13. The molecule has 13 heavy (non-hydrogen) atoms. The van der Waals surface area contributed by atoms with Crippen LogP contribution in [0.2, 0.25) is 0 Å². The van der Waals surface area contributed by atoms with E-state index < -0.39 is 0 Å². The van der Waals surface area contributed by atoms with Gasteiger partial charge in [-0.15, -0.1) is 0 Å². The van der Waals surface area contributed by atoms with Crippen LogP contribution >= 0.6 is 15.9 Å². The van der Waals surface area contributed by atoms with Gasteiger partial charge >= 0.3 is 0 Å². The second-order valence-corrected chi connectivity index (χ2v) is 5.57. The molecule has 0 unspecified atom stereocenters. The molecule has 0 bridgehead atoms. The fraction of sp³-hybridized carbons (Fsp3) is 0.500. The molecular formula is C12H15Br. The van der Waals surface area contributed by atoms with Crippen LogP contribution in [0.5, 0.6) is 0 Å². The van der Waals surface area contributed by atoms with Gasteiger partial charge in [0, 0.05) is 4.47 Å². The number of fused-ring (bicyclic) bond motifs is 1. The summed E-state index contributed by atoms with van der Waals surface area (Å²) in [5, 5.41) is 0. The van der Waals surface area contributed by atoms with Crippen molar-refractivity contribution in [1.29, 1.82) is 0 Å².